The molecule has 2 unspecified atom stereocenters. The molecule has 1 aliphatic heterocycles. The van der Waals surface area contributed by atoms with Gasteiger partial charge in [-0.3, -0.25) is 4.90 Å². The number of hydrogen-bond acceptors (Lipinski definition) is 2. The summed E-state index contributed by atoms with van der Waals surface area (Å²) in [6, 6.07) is 5.90. The molecule has 2 nitrogen and oxygen atoms in total. The van der Waals surface area contributed by atoms with Crippen LogP contribution in [0.3, 0.4) is 0 Å². The number of rotatable bonds is 3. The maximum Gasteiger partial charge on any atom is 0.141 e. The number of nitrogens with two attached hydrogens (primary N) is 1. The standard InChI is InChI=1S/C14H20ClFN2/c1-10-3-2-4-12(8-17)18(10)9-11-5-6-14(16)13(15)7-11/h5-7,10,12H,2-4,8-9,17H2,1H3. The van der Waals surface area contributed by atoms with Gasteiger partial charge in [-0.15, -0.1) is 0 Å². The zero-order chi connectivity index (χ0) is 13.1. The third-order valence-corrected chi connectivity index (χ3v) is 4.11. The van der Waals surface area contributed by atoms with E-state index in [1.165, 1.54) is 18.9 Å². The molecule has 0 bridgehead atoms. The van der Waals surface area contributed by atoms with Crippen LogP contribution in [0.1, 0.15) is 31.7 Å². The van der Waals surface area contributed by atoms with Gasteiger partial charge in [0.2, 0.25) is 0 Å². The van der Waals surface area contributed by atoms with Gasteiger partial charge in [0.05, 0.1) is 5.02 Å². The minimum atomic E-state index is -0.359. The molecule has 1 aromatic rings. The Labute approximate surface area is 113 Å². The molecule has 100 valence electrons. The molecular formula is C14H20ClFN2. The van der Waals surface area contributed by atoms with Gasteiger partial charge in [0, 0.05) is 25.2 Å². The van der Waals surface area contributed by atoms with Crippen LogP contribution < -0.4 is 5.73 Å². The Bertz CT molecular complexity index is 411. The van der Waals surface area contributed by atoms with E-state index in [4.69, 9.17) is 17.3 Å². The van der Waals surface area contributed by atoms with Crippen LogP contribution in [0.5, 0.6) is 0 Å². The Morgan fingerprint density at radius 3 is 2.89 bits per heavy atom. The lowest BCUT2D eigenvalue weighted by molar-refractivity contribution is 0.0892. The van der Waals surface area contributed by atoms with E-state index in [9.17, 15) is 4.39 Å². The lowest BCUT2D eigenvalue weighted by Gasteiger charge is -2.40. The Kier molecular flexibility index (Phi) is 4.60. The predicted octanol–water partition coefficient (Wildman–Crippen LogP) is 3.18. The lowest BCUT2D eigenvalue weighted by atomic mass is 9.95. The number of benzene rings is 1. The van der Waals surface area contributed by atoms with Gasteiger partial charge in [-0.2, -0.15) is 0 Å². The first kappa shape index (κ1) is 13.8. The topological polar surface area (TPSA) is 29.3 Å². The second-order valence-electron chi connectivity index (χ2n) is 5.09. The van der Waals surface area contributed by atoms with Crippen LogP contribution in [0.4, 0.5) is 4.39 Å². The molecule has 1 aliphatic rings. The number of halogens is 2. The summed E-state index contributed by atoms with van der Waals surface area (Å²) in [5.41, 5.74) is 6.89. The molecule has 0 aliphatic carbocycles. The largest absolute Gasteiger partial charge is 0.329 e. The molecule has 2 atom stereocenters. The molecule has 1 heterocycles. The van der Waals surface area contributed by atoms with E-state index < -0.39 is 0 Å². The fourth-order valence-electron chi connectivity index (χ4n) is 2.73. The average Bonchev–Trinajstić information content (AvgIpc) is 2.36. The van der Waals surface area contributed by atoms with Crippen LogP contribution in [0.15, 0.2) is 18.2 Å². The molecule has 4 heteroatoms. The second-order valence-corrected chi connectivity index (χ2v) is 5.50. The second kappa shape index (κ2) is 6.00. The highest BCUT2D eigenvalue weighted by molar-refractivity contribution is 6.30. The van der Waals surface area contributed by atoms with Gasteiger partial charge in [0.15, 0.2) is 0 Å². The highest BCUT2D eigenvalue weighted by Gasteiger charge is 2.26. The number of likely N-dealkylation sites (tertiary alicyclic amines) is 1. The van der Waals surface area contributed by atoms with Gasteiger partial charge in [-0.1, -0.05) is 24.1 Å². The van der Waals surface area contributed by atoms with Gasteiger partial charge in [0.25, 0.3) is 0 Å². The third-order valence-electron chi connectivity index (χ3n) is 3.82. The van der Waals surface area contributed by atoms with Crippen molar-refractivity contribution in [2.75, 3.05) is 6.54 Å². The number of hydrogen-bond donors (Lipinski definition) is 1. The molecule has 1 saturated heterocycles. The summed E-state index contributed by atoms with van der Waals surface area (Å²) >= 11 is 5.82. The van der Waals surface area contributed by atoms with Crippen molar-refractivity contribution in [1.29, 1.82) is 0 Å². The van der Waals surface area contributed by atoms with Crippen molar-refractivity contribution in [2.24, 2.45) is 5.73 Å². The molecule has 2 N–H and O–H groups in total. The quantitative estimate of drug-likeness (QED) is 0.914. The van der Waals surface area contributed by atoms with E-state index >= 15 is 0 Å². The van der Waals surface area contributed by atoms with Gasteiger partial charge in [-0.25, -0.2) is 4.39 Å². The minimum absolute atomic E-state index is 0.196. The first-order chi connectivity index (χ1) is 8.61. The molecular weight excluding hydrogens is 251 g/mol. The summed E-state index contributed by atoms with van der Waals surface area (Å²) in [5, 5.41) is 0.196. The molecule has 0 amide bonds. The van der Waals surface area contributed by atoms with E-state index in [0.717, 1.165) is 18.5 Å². The normalized spacial score (nSPS) is 25.3. The maximum atomic E-state index is 13.1. The zero-order valence-corrected chi connectivity index (χ0v) is 11.5. The van der Waals surface area contributed by atoms with Crippen LogP contribution in [0, 0.1) is 5.82 Å². The summed E-state index contributed by atoms with van der Waals surface area (Å²) in [4.78, 5) is 2.41. The smallest absolute Gasteiger partial charge is 0.141 e. The monoisotopic (exact) mass is 270 g/mol. The van der Waals surface area contributed by atoms with Crippen LogP contribution >= 0.6 is 11.6 Å². The lowest BCUT2D eigenvalue weighted by Crippen LogP contribution is -2.48. The number of nitrogens with zero attached hydrogens (tertiary/aromatic N) is 1. The van der Waals surface area contributed by atoms with Crippen molar-refractivity contribution < 1.29 is 4.39 Å². The average molecular weight is 271 g/mol. The summed E-state index contributed by atoms with van der Waals surface area (Å²) in [7, 11) is 0. The summed E-state index contributed by atoms with van der Waals surface area (Å²) in [6.07, 6.45) is 3.59. The van der Waals surface area contributed by atoms with Crippen molar-refractivity contribution in [2.45, 2.75) is 44.8 Å². The Balaban J connectivity index is 2.12. The maximum absolute atomic E-state index is 13.1. The molecule has 1 fully saturated rings. The van der Waals surface area contributed by atoms with Crippen molar-refractivity contribution in [3.05, 3.63) is 34.6 Å². The van der Waals surface area contributed by atoms with Gasteiger partial charge >= 0.3 is 0 Å². The van der Waals surface area contributed by atoms with E-state index in [1.807, 2.05) is 0 Å². The Hall–Kier alpha value is -0.640. The minimum Gasteiger partial charge on any atom is -0.329 e. The van der Waals surface area contributed by atoms with Crippen molar-refractivity contribution in [3.63, 3.8) is 0 Å². The van der Waals surface area contributed by atoms with E-state index in [1.54, 1.807) is 12.1 Å². The molecule has 18 heavy (non-hydrogen) atoms. The SMILES string of the molecule is CC1CCCC(CN)N1Cc1ccc(F)c(Cl)c1. The summed E-state index contributed by atoms with van der Waals surface area (Å²) < 4.78 is 13.1. The fourth-order valence-corrected chi connectivity index (χ4v) is 2.93. The van der Waals surface area contributed by atoms with Crippen LogP contribution in [-0.2, 0) is 6.54 Å². The summed E-state index contributed by atoms with van der Waals surface area (Å²) in [5.74, 6) is -0.359. The fraction of sp³-hybridized carbons (Fsp3) is 0.571. The van der Waals surface area contributed by atoms with Gasteiger partial charge < -0.3 is 5.73 Å². The third kappa shape index (κ3) is 3.02. The zero-order valence-electron chi connectivity index (χ0n) is 10.7. The van der Waals surface area contributed by atoms with E-state index in [0.29, 0.717) is 18.6 Å². The molecule has 0 spiro atoms. The van der Waals surface area contributed by atoms with Crippen LogP contribution in [0.25, 0.3) is 0 Å². The summed E-state index contributed by atoms with van der Waals surface area (Å²) in [6.45, 7) is 3.70. The molecule has 0 saturated carbocycles. The molecule has 0 aromatic heterocycles. The van der Waals surface area contributed by atoms with E-state index in [-0.39, 0.29) is 10.8 Å². The first-order valence-corrected chi connectivity index (χ1v) is 6.89. The molecule has 1 aromatic carbocycles. The van der Waals surface area contributed by atoms with Crippen molar-refractivity contribution >= 4 is 11.6 Å². The van der Waals surface area contributed by atoms with Gasteiger partial charge in [-0.05, 0) is 37.5 Å². The van der Waals surface area contributed by atoms with Crippen molar-refractivity contribution in [1.82, 2.24) is 4.90 Å². The van der Waals surface area contributed by atoms with E-state index in [2.05, 4.69) is 11.8 Å². The van der Waals surface area contributed by atoms with Crippen LogP contribution in [-0.4, -0.2) is 23.5 Å². The number of piperidine rings is 1. The Morgan fingerprint density at radius 1 is 1.44 bits per heavy atom. The first-order valence-electron chi connectivity index (χ1n) is 6.51. The van der Waals surface area contributed by atoms with Crippen molar-refractivity contribution in [3.8, 4) is 0 Å². The molecule has 0 radical (unpaired) electrons. The van der Waals surface area contributed by atoms with Gasteiger partial charge in [0.1, 0.15) is 5.82 Å². The Morgan fingerprint density at radius 2 is 2.22 bits per heavy atom. The molecule has 2 rings (SSSR count). The van der Waals surface area contributed by atoms with Crippen LogP contribution in [0.2, 0.25) is 5.02 Å². The highest BCUT2D eigenvalue weighted by atomic mass is 35.5. The highest BCUT2D eigenvalue weighted by Crippen LogP contribution is 2.25. The predicted molar refractivity (Wildman–Crippen MR) is 73.1 cm³/mol.